The monoisotopic (exact) mass is 169 g/mol. The molecule has 1 heterocycles. The second-order valence-electron chi connectivity index (χ2n) is 2.63. The van der Waals surface area contributed by atoms with Gasteiger partial charge in [0, 0.05) is 11.6 Å². The molecule has 0 saturated heterocycles. The molecule has 1 aliphatic carbocycles. The van der Waals surface area contributed by atoms with Crippen molar-refractivity contribution in [3.8, 4) is 0 Å². The molecule has 0 aromatic carbocycles. The molecule has 12 heavy (non-hydrogen) atoms. The summed E-state index contributed by atoms with van der Waals surface area (Å²) in [5.74, 6) is 0. The van der Waals surface area contributed by atoms with E-state index < -0.39 is 0 Å². The second-order valence-corrected chi connectivity index (χ2v) is 2.63. The fourth-order valence-electron chi connectivity index (χ4n) is 1.33. The minimum atomic E-state index is 0.361. The first-order chi connectivity index (χ1) is 5.83. The van der Waals surface area contributed by atoms with Gasteiger partial charge in [-0.25, -0.2) is 0 Å². The summed E-state index contributed by atoms with van der Waals surface area (Å²) < 4.78 is 4.37. The average molecular weight is 169 g/mol. The molecule has 0 bridgehead atoms. The number of hydrogen-bond acceptors (Lipinski definition) is 5. The Morgan fingerprint density at radius 1 is 1.58 bits per heavy atom. The molecule has 0 spiro atoms. The Balaban J connectivity index is 2.53. The third-order valence-corrected chi connectivity index (χ3v) is 1.92. The summed E-state index contributed by atoms with van der Waals surface area (Å²) in [5.41, 5.74) is 1.27. The van der Waals surface area contributed by atoms with E-state index in [0.29, 0.717) is 34.8 Å². The van der Waals surface area contributed by atoms with Gasteiger partial charge in [0.15, 0.2) is 0 Å². The van der Waals surface area contributed by atoms with Crippen molar-refractivity contribution in [1.29, 1.82) is 0 Å². The maximum absolute atomic E-state index is 10.9. The third-order valence-electron chi connectivity index (χ3n) is 1.92. The van der Waals surface area contributed by atoms with Crippen molar-refractivity contribution in [2.24, 2.45) is 5.16 Å². The van der Waals surface area contributed by atoms with Gasteiger partial charge in [0.2, 0.25) is 5.69 Å². The maximum atomic E-state index is 10.9. The molecule has 0 aliphatic heterocycles. The fourth-order valence-corrected chi connectivity index (χ4v) is 1.33. The standard InChI is InChI=1S/C6H7N3O3/c10-7-4-2-1-3-5-6(4)8-12-9(5)11/h10H,1-3H2/b7-4-. The highest BCUT2D eigenvalue weighted by molar-refractivity contribution is 5.99. The first kappa shape index (κ1) is 7.08. The predicted octanol–water partition coefficient (Wildman–Crippen LogP) is -0.177. The Morgan fingerprint density at radius 3 is 3.17 bits per heavy atom. The lowest BCUT2D eigenvalue weighted by Crippen LogP contribution is -2.30. The van der Waals surface area contributed by atoms with Gasteiger partial charge >= 0.3 is 0 Å². The minimum Gasteiger partial charge on any atom is -0.411 e. The van der Waals surface area contributed by atoms with Gasteiger partial charge in [-0.3, -0.25) is 4.63 Å². The SMILES string of the molecule is [O-][n+]1onc2c1CCC/C2=N/O. The molecule has 1 N–H and O–H groups in total. The first-order valence-corrected chi connectivity index (χ1v) is 3.63. The summed E-state index contributed by atoms with van der Waals surface area (Å²) in [6, 6.07) is 0. The Hall–Kier alpha value is -1.59. The highest BCUT2D eigenvalue weighted by Crippen LogP contribution is 2.16. The van der Waals surface area contributed by atoms with E-state index in [9.17, 15) is 5.21 Å². The zero-order valence-electron chi connectivity index (χ0n) is 6.23. The zero-order chi connectivity index (χ0) is 8.55. The van der Waals surface area contributed by atoms with Gasteiger partial charge < -0.3 is 10.4 Å². The Bertz CT molecular complexity index is 331. The summed E-state index contributed by atoms with van der Waals surface area (Å²) in [7, 11) is 0. The predicted molar refractivity (Wildman–Crippen MR) is 36.7 cm³/mol. The van der Waals surface area contributed by atoms with Gasteiger partial charge in [-0.15, -0.1) is 0 Å². The highest BCUT2D eigenvalue weighted by Gasteiger charge is 2.28. The van der Waals surface area contributed by atoms with Crippen LogP contribution in [0.5, 0.6) is 0 Å². The lowest BCUT2D eigenvalue weighted by molar-refractivity contribution is -0.808. The zero-order valence-corrected chi connectivity index (χ0v) is 6.23. The molecule has 64 valence electrons. The van der Waals surface area contributed by atoms with Crippen LogP contribution < -0.4 is 4.90 Å². The first-order valence-electron chi connectivity index (χ1n) is 3.63. The average Bonchev–Trinajstić information content (AvgIpc) is 2.48. The van der Waals surface area contributed by atoms with Crippen LogP contribution in [0.4, 0.5) is 0 Å². The van der Waals surface area contributed by atoms with Gasteiger partial charge in [-0.2, -0.15) is 0 Å². The largest absolute Gasteiger partial charge is 0.411 e. The van der Waals surface area contributed by atoms with Gasteiger partial charge in [0.25, 0.3) is 5.69 Å². The van der Waals surface area contributed by atoms with Crippen LogP contribution in [0.25, 0.3) is 0 Å². The topological polar surface area (TPSA) is 85.6 Å². The second kappa shape index (κ2) is 2.47. The Kier molecular flexibility index (Phi) is 1.46. The summed E-state index contributed by atoms with van der Waals surface area (Å²) in [5, 5.41) is 26.0. The van der Waals surface area contributed by atoms with Crippen LogP contribution in [0.15, 0.2) is 9.78 Å². The fraction of sp³-hybridized carbons (Fsp3) is 0.500. The molecule has 1 aromatic rings. The molecule has 6 heteroatoms. The third kappa shape index (κ3) is 0.843. The van der Waals surface area contributed by atoms with Crippen molar-refractivity contribution in [3.63, 3.8) is 0 Å². The van der Waals surface area contributed by atoms with Crippen LogP contribution in [-0.4, -0.2) is 16.1 Å². The molecule has 2 rings (SSSR count). The molecule has 0 amide bonds. The van der Waals surface area contributed by atoms with Crippen LogP contribution in [-0.2, 0) is 6.42 Å². The normalized spacial score (nSPS) is 19.5. The lowest BCUT2D eigenvalue weighted by Gasteiger charge is -2.04. The molecular formula is C6H7N3O3. The summed E-state index contributed by atoms with van der Waals surface area (Å²) in [6.07, 6.45) is 2.05. The Labute approximate surface area is 67.6 Å². The smallest absolute Gasteiger partial charge is 0.268 e. The van der Waals surface area contributed by atoms with Crippen molar-refractivity contribution in [2.75, 3.05) is 0 Å². The molecule has 1 aromatic heterocycles. The van der Waals surface area contributed by atoms with Crippen LogP contribution in [0, 0.1) is 5.21 Å². The molecule has 0 radical (unpaired) electrons. The molecule has 0 fully saturated rings. The Morgan fingerprint density at radius 2 is 2.42 bits per heavy atom. The van der Waals surface area contributed by atoms with E-state index in [-0.39, 0.29) is 0 Å². The van der Waals surface area contributed by atoms with Crippen LogP contribution in [0.1, 0.15) is 24.2 Å². The molecular weight excluding hydrogens is 162 g/mol. The van der Waals surface area contributed by atoms with E-state index in [1.807, 2.05) is 0 Å². The number of rotatable bonds is 0. The lowest BCUT2D eigenvalue weighted by atomic mass is 9.99. The molecule has 0 atom stereocenters. The van der Waals surface area contributed by atoms with Crippen molar-refractivity contribution in [2.45, 2.75) is 19.3 Å². The van der Waals surface area contributed by atoms with Gasteiger partial charge in [0.1, 0.15) is 5.71 Å². The number of fused-ring (bicyclic) bond motifs is 1. The number of oxime groups is 1. The summed E-state index contributed by atoms with van der Waals surface area (Å²) in [4.78, 5) is 0.361. The van der Waals surface area contributed by atoms with Gasteiger partial charge in [0.05, 0.1) is 0 Å². The number of aromatic nitrogens is 2. The minimum absolute atomic E-state index is 0.361. The maximum Gasteiger partial charge on any atom is 0.268 e. The van der Waals surface area contributed by atoms with Crippen molar-refractivity contribution < 1.29 is 14.7 Å². The van der Waals surface area contributed by atoms with Crippen LogP contribution in [0.2, 0.25) is 0 Å². The molecule has 1 aliphatic rings. The molecule has 0 saturated carbocycles. The summed E-state index contributed by atoms with van der Waals surface area (Å²) >= 11 is 0. The van der Waals surface area contributed by atoms with E-state index >= 15 is 0 Å². The molecule has 0 unspecified atom stereocenters. The molecule has 6 nitrogen and oxygen atoms in total. The van der Waals surface area contributed by atoms with E-state index in [1.165, 1.54) is 0 Å². The van der Waals surface area contributed by atoms with E-state index in [4.69, 9.17) is 5.21 Å². The van der Waals surface area contributed by atoms with E-state index in [2.05, 4.69) is 14.9 Å². The summed E-state index contributed by atoms with van der Waals surface area (Å²) in [6.45, 7) is 0. The highest BCUT2D eigenvalue weighted by atomic mass is 16.8. The number of nitrogens with zero attached hydrogens (tertiary/aromatic N) is 3. The van der Waals surface area contributed by atoms with Crippen molar-refractivity contribution in [3.05, 3.63) is 16.6 Å². The van der Waals surface area contributed by atoms with Crippen molar-refractivity contribution in [1.82, 2.24) is 5.16 Å². The van der Waals surface area contributed by atoms with E-state index in [0.717, 1.165) is 6.42 Å². The quantitative estimate of drug-likeness (QED) is 0.331. The van der Waals surface area contributed by atoms with Crippen molar-refractivity contribution >= 4 is 5.71 Å². The van der Waals surface area contributed by atoms with Gasteiger partial charge in [-0.1, -0.05) is 5.16 Å². The van der Waals surface area contributed by atoms with E-state index in [1.54, 1.807) is 0 Å². The van der Waals surface area contributed by atoms with Gasteiger partial charge in [-0.05, 0) is 17.7 Å². The number of hydrogen-bond donors (Lipinski definition) is 1. The van der Waals surface area contributed by atoms with Crippen LogP contribution in [0.3, 0.4) is 0 Å². The van der Waals surface area contributed by atoms with Crippen LogP contribution >= 0.6 is 0 Å².